The van der Waals surface area contributed by atoms with Gasteiger partial charge in [0, 0.05) is 36.0 Å². The van der Waals surface area contributed by atoms with E-state index in [0.29, 0.717) is 22.7 Å². The highest BCUT2D eigenvalue weighted by atomic mass is 31.0. The Kier molecular flexibility index (Phi) is 7.84. The fourth-order valence-corrected chi connectivity index (χ4v) is 4.49. The second-order valence-electron chi connectivity index (χ2n) is 9.01. The van der Waals surface area contributed by atoms with Gasteiger partial charge in [0.15, 0.2) is 0 Å². The largest absolute Gasteiger partial charge is 0.507 e. The Morgan fingerprint density at radius 1 is 1.28 bits per heavy atom. The molecule has 5 nitrogen and oxygen atoms in total. The summed E-state index contributed by atoms with van der Waals surface area (Å²) in [5.74, 6) is 0.208. The van der Waals surface area contributed by atoms with Gasteiger partial charge in [-0.25, -0.2) is 0 Å². The number of nitrogens with one attached hydrogen (secondary N) is 1. The molecule has 2 atom stereocenters. The van der Waals surface area contributed by atoms with Crippen molar-refractivity contribution in [2.75, 3.05) is 19.6 Å². The minimum atomic E-state index is -3.11. The number of rotatable bonds is 7. The summed E-state index contributed by atoms with van der Waals surface area (Å²) >= 11 is 0. The average Bonchev–Trinajstić information content (AvgIpc) is 2.65. The normalized spacial score (nSPS) is 21.1. The Hall–Kier alpha value is -2.11. The van der Waals surface area contributed by atoms with Crippen molar-refractivity contribution in [3.8, 4) is 5.75 Å². The fraction of sp³-hybridized carbons (Fsp3) is 0.500. The number of nitrogens with two attached hydrogens (primary N) is 2. The molecule has 8 heteroatoms. The van der Waals surface area contributed by atoms with Crippen LogP contribution in [0.4, 0.5) is 8.78 Å². The van der Waals surface area contributed by atoms with E-state index in [-0.39, 0.29) is 17.4 Å². The summed E-state index contributed by atoms with van der Waals surface area (Å²) in [5.41, 5.74) is 13.4. The summed E-state index contributed by atoms with van der Waals surface area (Å²) in [6.45, 7) is 7.08. The lowest BCUT2D eigenvalue weighted by atomic mass is 9.88. The van der Waals surface area contributed by atoms with E-state index in [1.807, 2.05) is 0 Å². The van der Waals surface area contributed by atoms with Gasteiger partial charge in [-0.15, -0.1) is 0 Å². The van der Waals surface area contributed by atoms with Crippen LogP contribution in [0.1, 0.15) is 57.1 Å². The topological polar surface area (TPSA) is 87.5 Å². The lowest BCUT2D eigenvalue weighted by Gasteiger charge is -2.35. The number of benzene rings is 1. The molecule has 1 saturated carbocycles. The predicted octanol–water partition coefficient (Wildman–Crippen LogP) is 4.36. The number of allylic oxidation sites excluding steroid dienone is 3. The van der Waals surface area contributed by atoms with Crippen LogP contribution in [0.5, 0.6) is 5.75 Å². The summed E-state index contributed by atoms with van der Waals surface area (Å²) in [6, 6.07) is 3.94. The highest BCUT2D eigenvalue weighted by Crippen LogP contribution is 2.38. The van der Waals surface area contributed by atoms with Crippen LogP contribution in [-0.4, -0.2) is 35.7 Å². The Labute approximate surface area is 191 Å². The van der Waals surface area contributed by atoms with Gasteiger partial charge in [-0.05, 0) is 76.3 Å². The number of hydrogen-bond donors (Lipinski definition) is 4. The minimum absolute atomic E-state index is 0.255. The van der Waals surface area contributed by atoms with Gasteiger partial charge in [0.05, 0.1) is 5.82 Å². The lowest BCUT2D eigenvalue weighted by molar-refractivity contribution is 0.103. The minimum Gasteiger partial charge on any atom is -0.507 e. The van der Waals surface area contributed by atoms with E-state index < -0.39 is 5.66 Å². The van der Waals surface area contributed by atoms with Gasteiger partial charge < -0.3 is 21.9 Å². The molecule has 0 aromatic heterocycles. The number of alkyl halides is 2. The fourth-order valence-electron chi connectivity index (χ4n) is 4.31. The molecule has 2 aliphatic rings. The maximum Gasteiger partial charge on any atom is 0.284 e. The molecule has 1 saturated heterocycles. The van der Waals surface area contributed by atoms with Gasteiger partial charge in [-0.1, -0.05) is 26.5 Å². The third-order valence-corrected chi connectivity index (χ3v) is 6.70. The first-order valence-electron chi connectivity index (χ1n) is 11.1. The number of phenols is 1. The molecule has 1 heterocycles. The summed E-state index contributed by atoms with van der Waals surface area (Å²) < 4.78 is 26.9. The van der Waals surface area contributed by atoms with Gasteiger partial charge in [0.2, 0.25) is 0 Å². The zero-order chi connectivity index (χ0) is 23.5. The van der Waals surface area contributed by atoms with Crippen molar-refractivity contribution in [2.45, 2.75) is 57.7 Å². The SMILES string of the molecule is CC(CN1CCC[C@@H](N/C(N)=C/C(C)=C(\N)c2ccc(C(F)(F)P)cc2O)C1)=C1CCC1. The zero-order valence-electron chi connectivity index (χ0n) is 18.9. The molecule has 0 bridgehead atoms. The summed E-state index contributed by atoms with van der Waals surface area (Å²) in [7, 11) is 1.46. The van der Waals surface area contributed by atoms with Crippen molar-refractivity contribution in [1.82, 2.24) is 10.2 Å². The molecule has 1 aromatic rings. The average molecular weight is 465 g/mol. The van der Waals surface area contributed by atoms with Gasteiger partial charge in [0.25, 0.3) is 5.66 Å². The first kappa shape index (κ1) is 24.5. The molecule has 2 fully saturated rings. The molecular formula is C24H35F2N4OP. The molecule has 6 N–H and O–H groups in total. The zero-order valence-corrected chi connectivity index (χ0v) is 20.1. The molecule has 0 spiro atoms. The van der Waals surface area contributed by atoms with E-state index in [0.717, 1.165) is 38.5 Å². The van der Waals surface area contributed by atoms with Crippen molar-refractivity contribution in [1.29, 1.82) is 0 Å². The lowest BCUT2D eigenvalue weighted by Crippen LogP contribution is -2.47. The van der Waals surface area contributed by atoms with E-state index >= 15 is 0 Å². The number of halogens is 2. The maximum atomic E-state index is 13.4. The first-order chi connectivity index (χ1) is 15.0. The number of piperidine rings is 1. The predicted molar refractivity (Wildman–Crippen MR) is 130 cm³/mol. The van der Waals surface area contributed by atoms with Gasteiger partial charge in [-0.3, -0.25) is 4.90 Å². The second kappa shape index (κ2) is 10.2. The number of aromatic hydroxyl groups is 1. The summed E-state index contributed by atoms with van der Waals surface area (Å²) in [4.78, 5) is 2.48. The molecule has 176 valence electrons. The van der Waals surface area contributed by atoms with Crippen molar-refractivity contribution in [3.05, 3.63) is 57.9 Å². The van der Waals surface area contributed by atoms with E-state index in [1.54, 1.807) is 18.6 Å². The first-order valence-corrected chi connectivity index (χ1v) is 11.7. The van der Waals surface area contributed by atoms with Gasteiger partial charge >= 0.3 is 0 Å². The quantitative estimate of drug-likeness (QED) is 0.274. The molecule has 0 amide bonds. The smallest absolute Gasteiger partial charge is 0.284 e. The highest BCUT2D eigenvalue weighted by molar-refractivity contribution is 7.17. The third kappa shape index (κ3) is 6.23. The van der Waals surface area contributed by atoms with Crippen LogP contribution in [0.25, 0.3) is 5.70 Å². The van der Waals surface area contributed by atoms with Crippen LogP contribution in [0, 0.1) is 0 Å². The molecule has 32 heavy (non-hydrogen) atoms. The molecule has 1 unspecified atom stereocenters. The number of hydrogen-bond acceptors (Lipinski definition) is 5. The Morgan fingerprint density at radius 2 is 2.00 bits per heavy atom. The molecule has 1 aliphatic carbocycles. The van der Waals surface area contributed by atoms with Crippen molar-refractivity contribution in [3.63, 3.8) is 0 Å². The van der Waals surface area contributed by atoms with Gasteiger partial charge in [0.1, 0.15) is 5.75 Å². The van der Waals surface area contributed by atoms with Crippen LogP contribution in [0.3, 0.4) is 0 Å². The molecule has 1 aromatic carbocycles. The summed E-state index contributed by atoms with van der Waals surface area (Å²) in [5, 5.41) is 13.6. The van der Waals surface area contributed by atoms with Crippen LogP contribution >= 0.6 is 9.24 Å². The van der Waals surface area contributed by atoms with E-state index in [4.69, 9.17) is 11.5 Å². The van der Waals surface area contributed by atoms with E-state index in [2.05, 4.69) is 17.1 Å². The van der Waals surface area contributed by atoms with Crippen molar-refractivity contribution in [2.24, 2.45) is 11.5 Å². The Morgan fingerprint density at radius 3 is 2.59 bits per heavy atom. The number of phenolic OH excluding ortho intramolecular Hbond substituents is 1. The molecular weight excluding hydrogens is 429 g/mol. The van der Waals surface area contributed by atoms with E-state index in [9.17, 15) is 13.9 Å². The number of likely N-dealkylation sites (tertiary alicyclic amines) is 1. The van der Waals surface area contributed by atoms with E-state index in [1.165, 1.54) is 46.2 Å². The molecule has 1 aliphatic heterocycles. The number of nitrogens with zero attached hydrogens (tertiary/aromatic N) is 1. The monoisotopic (exact) mass is 464 g/mol. The van der Waals surface area contributed by atoms with Crippen LogP contribution in [-0.2, 0) is 5.66 Å². The summed E-state index contributed by atoms with van der Waals surface area (Å²) in [6.07, 6.45) is 7.72. The van der Waals surface area contributed by atoms with Crippen LogP contribution < -0.4 is 16.8 Å². The van der Waals surface area contributed by atoms with Crippen molar-refractivity contribution < 1.29 is 13.9 Å². The standard InChI is InChI=1S/C24H35F2N4OP/c1-15(23(28)20-9-8-18(12-21(20)31)24(25,26)32)11-22(27)29-19-7-4-10-30(14-19)13-16(2)17-5-3-6-17/h8-9,11-12,19,29,31H,3-7,10,13-14,27-28,32H2,1-2H3/b22-11+,23-15-/t19-/m1/s1. The molecule has 3 rings (SSSR count). The third-order valence-electron chi connectivity index (χ3n) is 6.37. The maximum absolute atomic E-state index is 13.4. The Bertz CT molecular complexity index is 930. The van der Waals surface area contributed by atoms with Crippen LogP contribution in [0.2, 0.25) is 0 Å². The second-order valence-corrected chi connectivity index (χ2v) is 9.73. The molecule has 0 radical (unpaired) electrons. The highest BCUT2D eigenvalue weighted by Gasteiger charge is 2.26. The van der Waals surface area contributed by atoms with Gasteiger partial charge in [-0.2, -0.15) is 8.78 Å². The van der Waals surface area contributed by atoms with Crippen molar-refractivity contribution >= 4 is 14.9 Å². The van der Waals surface area contributed by atoms with Crippen LogP contribution in [0.15, 0.2) is 46.8 Å². The Balaban J connectivity index is 1.65.